The third-order valence-corrected chi connectivity index (χ3v) is 18.6. The van der Waals surface area contributed by atoms with Crippen LogP contribution in [0.5, 0.6) is 0 Å². The van der Waals surface area contributed by atoms with Crippen LogP contribution in [-0.2, 0) is 24.6 Å². The van der Waals surface area contributed by atoms with Crippen molar-refractivity contribution in [3.8, 4) is 0 Å². The fourth-order valence-electron chi connectivity index (χ4n) is 9.97. The topological polar surface area (TPSA) is 144 Å². The molecule has 73 heavy (non-hydrogen) atoms. The highest BCUT2D eigenvalue weighted by atomic mass is 35.5. The van der Waals surface area contributed by atoms with Crippen molar-refractivity contribution >= 4 is 78.5 Å². The number of halogens is 5. The van der Waals surface area contributed by atoms with Crippen molar-refractivity contribution in [1.29, 1.82) is 0 Å². The molecule has 4 aromatic rings. The summed E-state index contributed by atoms with van der Waals surface area (Å²) in [6, 6.07) is 26.0. The van der Waals surface area contributed by atoms with Crippen molar-refractivity contribution in [1.82, 2.24) is 24.7 Å². The zero-order valence-electron chi connectivity index (χ0n) is 41.0. The van der Waals surface area contributed by atoms with Crippen molar-refractivity contribution < 1.29 is 39.5 Å². The fourth-order valence-corrected chi connectivity index (χ4v) is 13.1. The number of carbonyl (C=O) groups excluding carboxylic acids is 1. The maximum atomic E-state index is 14.2. The van der Waals surface area contributed by atoms with Crippen LogP contribution in [0.4, 0.5) is 24.5 Å². The van der Waals surface area contributed by atoms with E-state index in [0.29, 0.717) is 51.1 Å². The minimum Gasteiger partial charge on any atom is -0.380 e. The van der Waals surface area contributed by atoms with Crippen LogP contribution in [0, 0.1) is 5.41 Å². The van der Waals surface area contributed by atoms with Gasteiger partial charge in [-0.2, -0.15) is 13.2 Å². The Balaban J connectivity index is 0.00000780. The Bertz CT molecular complexity index is 2720. The lowest BCUT2D eigenvalue weighted by Gasteiger charge is -2.41. The monoisotopic (exact) mass is 1110 g/mol. The van der Waals surface area contributed by atoms with Gasteiger partial charge in [0.05, 0.1) is 23.8 Å². The van der Waals surface area contributed by atoms with Crippen molar-refractivity contribution in [2.24, 2.45) is 5.41 Å². The number of rotatable bonds is 19. The van der Waals surface area contributed by atoms with Gasteiger partial charge in [0.2, 0.25) is 0 Å². The summed E-state index contributed by atoms with van der Waals surface area (Å²) in [5.74, 6) is -0.653. The first kappa shape index (κ1) is 56.8. The van der Waals surface area contributed by atoms with E-state index < -0.39 is 52.8 Å². The van der Waals surface area contributed by atoms with Gasteiger partial charge in [-0.3, -0.25) is 14.6 Å². The maximum absolute atomic E-state index is 14.2. The van der Waals surface area contributed by atoms with Gasteiger partial charge in [0.1, 0.15) is 4.90 Å². The summed E-state index contributed by atoms with van der Waals surface area (Å²) >= 11 is 7.75. The molecule has 0 aromatic heterocycles. The number of anilines is 2. The van der Waals surface area contributed by atoms with Gasteiger partial charge in [0, 0.05) is 112 Å². The van der Waals surface area contributed by atoms with E-state index in [0.717, 1.165) is 119 Å². The highest BCUT2D eigenvalue weighted by Crippen LogP contribution is 2.45. The maximum Gasteiger partial charge on any atom is 0.501 e. The lowest BCUT2D eigenvalue weighted by atomic mass is 9.69. The fraction of sp³-hybridized carbons (Fsp3) is 0.481. The van der Waals surface area contributed by atoms with Crippen LogP contribution in [0.2, 0.25) is 5.02 Å². The number of sulfone groups is 1. The summed E-state index contributed by atoms with van der Waals surface area (Å²) in [4.78, 5) is 21.8. The van der Waals surface area contributed by atoms with E-state index in [-0.39, 0.29) is 23.4 Å². The van der Waals surface area contributed by atoms with Crippen molar-refractivity contribution in [2.75, 3.05) is 114 Å². The van der Waals surface area contributed by atoms with Gasteiger partial charge in [-0.1, -0.05) is 54.4 Å². The molecular weight excluding hydrogens is 1040 g/mol. The van der Waals surface area contributed by atoms with Crippen molar-refractivity contribution in [3.63, 3.8) is 0 Å². The minimum absolute atomic E-state index is 0. The molecule has 2 atom stereocenters. The number of sulfonamides is 1. The quantitative estimate of drug-likeness (QED) is 0.0773. The largest absolute Gasteiger partial charge is 0.501 e. The number of carbonyl (C=O) groups is 1. The zero-order chi connectivity index (χ0) is 50.9. The Morgan fingerprint density at radius 3 is 2.18 bits per heavy atom. The molecule has 0 radical (unpaired) electrons. The molecule has 4 aliphatic rings. The molecule has 21 heteroatoms. The van der Waals surface area contributed by atoms with E-state index in [1.165, 1.54) is 40.6 Å². The van der Waals surface area contributed by atoms with E-state index >= 15 is 0 Å². The third kappa shape index (κ3) is 15.2. The summed E-state index contributed by atoms with van der Waals surface area (Å²) in [5.41, 5.74) is -0.959. The molecule has 0 saturated carbocycles. The van der Waals surface area contributed by atoms with Crippen molar-refractivity contribution in [2.45, 2.75) is 65.3 Å². The number of thioether (sulfide) groups is 1. The summed E-state index contributed by atoms with van der Waals surface area (Å²) in [6.07, 6.45) is 4.80. The number of nitrogens with zero attached hydrogens (tertiary/aromatic N) is 4. The molecule has 0 spiro atoms. The molecule has 3 N–H and O–H groups in total. The summed E-state index contributed by atoms with van der Waals surface area (Å²) in [7, 11) is -10.9. The number of nitrogens with one attached hydrogen (secondary N) is 3. The highest BCUT2D eigenvalue weighted by Gasteiger charge is 2.48. The number of piperazine rings is 2. The lowest BCUT2D eigenvalue weighted by molar-refractivity contribution is -0.0435. The average Bonchev–Trinajstić information content (AvgIpc) is 3.38. The van der Waals surface area contributed by atoms with Gasteiger partial charge < -0.3 is 25.2 Å². The van der Waals surface area contributed by atoms with Crippen molar-refractivity contribution in [3.05, 3.63) is 119 Å². The smallest absolute Gasteiger partial charge is 0.380 e. The molecule has 398 valence electrons. The highest BCUT2D eigenvalue weighted by molar-refractivity contribution is 7.99. The minimum atomic E-state index is -6.06. The molecule has 3 fully saturated rings. The number of hydrogen-bond acceptors (Lipinski definition) is 13. The molecule has 3 saturated heterocycles. The van der Waals surface area contributed by atoms with Crippen LogP contribution in [-0.4, -0.2) is 153 Å². The number of hydrogen-bond donors (Lipinski definition) is 3. The molecule has 1 aliphatic carbocycles. The molecule has 4 aromatic carbocycles. The molecule has 2 unspecified atom stereocenters. The number of alkyl halides is 3. The number of benzene rings is 4. The van der Waals surface area contributed by atoms with Gasteiger partial charge >= 0.3 is 5.51 Å². The normalized spacial score (nSPS) is 20.3. The van der Waals surface area contributed by atoms with Crippen LogP contribution in [0.15, 0.2) is 117 Å². The Morgan fingerprint density at radius 2 is 1.51 bits per heavy atom. The second-order valence-corrected chi connectivity index (χ2v) is 24.6. The lowest BCUT2D eigenvalue weighted by Crippen LogP contribution is -2.47. The molecule has 0 bridgehead atoms. The summed E-state index contributed by atoms with van der Waals surface area (Å²) in [5, 5.41) is 7.18. The second kappa shape index (κ2) is 25.3. The van der Waals surface area contributed by atoms with Crippen LogP contribution in [0.25, 0.3) is 5.57 Å². The van der Waals surface area contributed by atoms with Gasteiger partial charge in [0.25, 0.3) is 25.8 Å². The SMILES string of the molecule is CC1(CCN2CCNCC2)CCC(c2ccc(Cl)cc2)=C(CN2CCN(c3ccc(C(=O)NS(=O)(=O)c4ccc(NC(CCN5CCOCC5)CSc5ccccc5)c(S(=O)(=O)C(F)(F)F)c4)cc3)CC2)C1.Cl. The average molecular weight is 1110 g/mol. The van der Waals surface area contributed by atoms with E-state index in [4.69, 9.17) is 16.3 Å². The van der Waals surface area contributed by atoms with Crippen LogP contribution < -0.4 is 20.3 Å². The number of morpholine rings is 1. The standard InChI is InChI=1S/C52H65ClF3N7O6S3.ClH/c1-51(20-24-61-25-21-57-22-26-61)19-17-47(39-7-11-42(53)12-8-39)41(36-51)37-62-27-29-63(30-28-62)44-13-9-40(10-14-44)50(64)59-72(67,68)46-15-16-48(49(35-46)71(65,66)52(54,55)56)58-43(18-23-60-31-33-69-34-32-60)38-70-45-5-3-2-4-6-45;/h2-16,35,43,57-58H,17-34,36-38H2,1H3,(H,59,64);1H. The zero-order valence-corrected chi connectivity index (χ0v) is 45.1. The van der Waals surface area contributed by atoms with Gasteiger partial charge in [-0.15, -0.1) is 24.2 Å². The van der Waals surface area contributed by atoms with E-state index in [1.54, 1.807) is 12.1 Å². The molecule has 1 amide bonds. The van der Waals surface area contributed by atoms with Crippen LogP contribution in [0.1, 0.15) is 54.9 Å². The van der Waals surface area contributed by atoms with E-state index in [2.05, 4.69) is 49.3 Å². The molecule has 8 rings (SSSR count). The first-order chi connectivity index (χ1) is 34.4. The van der Waals surface area contributed by atoms with E-state index in [1.807, 2.05) is 47.2 Å². The Hall–Kier alpha value is -3.89. The predicted octanol–water partition coefficient (Wildman–Crippen LogP) is 8.53. The number of allylic oxidation sites excluding steroid dienone is 1. The Labute approximate surface area is 444 Å². The van der Waals surface area contributed by atoms with E-state index in [9.17, 15) is 34.8 Å². The molecule has 13 nitrogen and oxygen atoms in total. The third-order valence-electron chi connectivity index (χ3n) is 14.3. The first-order valence-corrected chi connectivity index (χ1v) is 29.0. The number of ether oxygens (including phenoxy) is 1. The Morgan fingerprint density at radius 1 is 0.836 bits per heavy atom. The summed E-state index contributed by atoms with van der Waals surface area (Å²) in [6.45, 7) is 14.8. The van der Waals surface area contributed by atoms with Crippen LogP contribution >= 0.6 is 35.8 Å². The summed E-state index contributed by atoms with van der Waals surface area (Å²) < 4.78 is 104. The second-order valence-electron chi connectivity index (χ2n) is 19.5. The molecule has 3 heterocycles. The van der Waals surface area contributed by atoms with Gasteiger partial charge in [0.15, 0.2) is 0 Å². The molecule has 3 aliphatic heterocycles. The Kier molecular flexibility index (Phi) is 19.7. The van der Waals surface area contributed by atoms with Gasteiger partial charge in [-0.05, 0) is 122 Å². The van der Waals surface area contributed by atoms with Crippen LogP contribution in [0.3, 0.4) is 0 Å². The number of amides is 1. The van der Waals surface area contributed by atoms with Gasteiger partial charge in [-0.25, -0.2) is 21.6 Å². The predicted molar refractivity (Wildman–Crippen MR) is 287 cm³/mol. The first-order valence-electron chi connectivity index (χ1n) is 24.7. The molecular formula is C52H66Cl2F3N7O6S3.